The van der Waals surface area contributed by atoms with Crippen LogP contribution in [-0.4, -0.2) is 37.2 Å². The molecule has 0 rings (SSSR count). The number of hydrogen-bond donors (Lipinski definition) is 0. The molecule has 1 atom stereocenters. The van der Waals surface area contributed by atoms with Crippen LogP contribution in [0.2, 0.25) is 0 Å². The molecule has 0 radical (unpaired) electrons. The van der Waals surface area contributed by atoms with Crippen molar-refractivity contribution in [2.45, 2.75) is 258 Å². The van der Waals surface area contributed by atoms with E-state index in [1.54, 1.807) is 0 Å². The third-order valence-electron chi connectivity index (χ3n) is 11.5. The van der Waals surface area contributed by atoms with Crippen molar-refractivity contribution in [1.29, 1.82) is 0 Å². The Morgan fingerprint density at radius 2 is 0.597 bits per heavy atom. The maximum Gasteiger partial charge on any atom is 0.306 e. The van der Waals surface area contributed by atoms with Gasteiger partial charge in [-0.25, -0.2) is 0 Å². The molecule has 0 heterocycles. The van der Waals surface area contributed by atoms with Crippen molar-refractivity contribution in [2.24, 2.45) is 0 Å². The van der Waals surface area contributed by atoms with Crippen LogP contribution in [0.5, 0.6) is 0 Å². The minimum Gasteiger partial charge on any atom is -0.462 e. The van der Waals surface area contributed by atoms with E-state index in [2.05, 4.69) is 118 Å². The second kappa shape index (κ2) is 54.9. The molecule has 6 heteroatoms. The van der Waals surface area contributed by atoms with Gasteiger partial charge < -0.3 is 14.2 Å². The Labute approximate surface area is 413 Å². The summed E-state index contributed by atoms with van der Waals surface area (Å²) in [7, 11) is 0. The van der Waals surface area contributed by atoms with E-state index in [0.717, 1.165) is 96.3 Å². The third kappa shape index (κ3) is 53.2. The summed E-state index contributed by atoms with van der Waals surface area (Å²) in [5.74, 6) is -0.977. The molecule has 0 saturated heterocycles. The summed E-state index contributed by atoms with van der Waals surface area (Å²) >= 11 is 0. The minimum atomic E-state index is -0.813. The Kier molecular flexibility index (Phi) is 51.9. The van der Waals surface area contributed by atoms with E-state index in [0.29, 0.717) is 19.3 Å². The zero-order valence-corrected chi connectivity index (χ0v) is 43.6. The van der Waals surface area contributed by atoms with Gasteiger partial charge in [0.2, 0.25) is 0 Å². The normalized spacial score (nSPS) is 12.8. The lowest BCUT2D eigenvalue weighted by Gasteiger charge is -2.18. The number of carbonyl (C=O) groups is 3. The number of hydrogen-bond acceptors (Lipinski definition) is 6. The van der Waals surface area contributed by atoms with Crippen molar-refractivity contribution in [3.8, 4) is 0 Å². The second-order valence-corrected chi connectivity index (χ2v) is 18.1. The van der Waals surface area contributed by atoms with Gasteiger partial charge in [0.1, 0.15) is 13.2 Å². The van der Waals surface area contributed by atoms with Crippen LogP contribution >= 0.6 is 0 Å². The molecule has 382 valence electrons. The maximum atomic E-state index is 12.8. The Balaban J connectivity index is 4.47. The van der Waals surface area contributed by atoms with Gasteiger partial charge >= 0.3 is 17.9 Å². The van der Waals surface area contributed by atoms with E-state index in [1.165, 1.54) is 109 Å². The van der Waals surface area contributed by atoms with Crippen LogP contribution in [0.4, 0.5) is 0 Å². The van der Waals surface area contributed by atoms with Crippen LogP contribution in [0.25, 0.3) is 0 Å². The SMILES string of the molecule is CC/C=C/C/C=C/C/C=C/C/C=C/C/C=C/CCCC(=O)O[C@H](COC(=O)CCCCCCC/C=C/CCCCCC)COC(=O)CCCCCCCCCCC/C=C/C/C=C/CCCCC. The number of unbranched alkanes of at least 4 members (excludes halogenated alkanes) is 22. The molecule has 0 N–H and O–H groups in total. The molecule has 0 aromatic rings. The Morgan fingerprint density at radius 3 is 1.00 bits per heavy atom. The fraction of sp³-hybridized carbons (Fsp3) is 0.689. The molecule has 0 aliphatic carbocycles. The number of rotatable bonds is 49. The molecular weight excluding hydrogens is 829 g/mol. The Bertz CT molecular complexity index is 1350. The minimum absolute atomic E-state index is 0.105. The lowest BCUT2D eigenvalue weighted by atomic mass is 10.1. The van der Waals surface area contributed by atoms with Crippen molar-refractivity contribution >= 4 is 17.9 Å². The van der Waals surface area contributed by atoms with Crippen LogP contribution < -0.4 is 0 Å². The summed E-state index contributed by atoms with van der Waals surface area (Å²) in [6.07, 6.45) is 72.5. The standard InChI is InChI=1S/C61H102O6/c1-4-7-10-13-16-19-22-25-27-29-30-32-33-36-39-42-45-48-51-54-60(63)66-57-58(56-65-59(62)53-50-47-44-41-38-35-24-21-18-15-12-9-6-3)67-61(64)55-52-49-46-43-40-37-34-31-28-26-23-20-17-14-11-8-5-2/h8,11,16-17,19-21,24-28,34,37,43,46,58H,4-7,9-10,12-15,18,22-23,29-33,35-36,38-42,44-45,47-57H2,1-3H3/b11-8+,19-16+,20-17+,24-21+,27-25+,28-26+,37-34+,46-43+/t58-/m1/s1. The van der Waals surface area contributed by atoms with Crippen LogP contribution in [0.1, 0.15) is 252 Å². The predicted octanol–water partition coefficient (Wildman–Crippen LogP) is 18.5. The summed E-state index contributed by atoms with van der Waals surface area (Å²) < 4.78 is 16.8. The van der Waals surface area contributed by atoms with E-state index in [-0.39, 0.29) is 37.5 Å². The first kappa shape index (κ1) is 63.3. The fourth-order valence-electron chi connectivity index (χ4n) is 7.38. The molecule has 0 unspecified atom stereocenters. The average Bonchev–Trinajstić information content (AvgIpc) is 3.33. The van der Waals surface area contributed by atoms with Crippen molar-refractivity contribution in [2.75, 3.05) is 13.2 Å². The van der Waals surface area contributed by atoms with E-state index < -0.39 is 6.10 Å². The zero-order chi connectivity index (χ0) is 48.6. The maximum absolute atomic E-state index is 12.8. The summed E-state index contributed by atoms with van der Waals surface area (Å²) in [6.45, 7) is 6.43. The van der Waals surface area contributed by atoms with Gasteiger partial charge in [-0.3, -0.25) is 14.4 Å². The van der Waals surface area contributed by atoms with Crippen molar-refractivity contribution < 1.29 is 28.6 Å². The number of carbonyl (C=O) groups excluding carboxylic acids is 3. The van der Waals surface area contributed by atoms with Gasteiger partial charge in [0.05, 0.1) is 0 Å². The lowest BCUT2D eigenvalue weighted by Crippen LogP contribution is -2.30. The monoisotopic (exact) mass is 931 g/mol. The highest BCUT2D eigenvalue weighted by molar-refractivity contribution is 5.71. The van der Waals surface area contributed by atoms with Crippen LogP contribution in [-0.2, 0) is 28.6 Å². The molecule has 0 aromatic carbocycles. The van der Waals surface area contributed by atoms with Crippen molar-refractivity contribution in [3.63, 3.8) is 0 Å². The summed E-state index contributed by atoms with van der Waals surface area (Å²) in [5, 5.41) is 0. The zero-order valence-electron chi connectivity index (χ0n) is 43.6. The van der Waals surface area contributed by atoms with Crippen molar-refractivity contribution in [3.05, 3.63) is 97.2 Å². The topological polar surface area (TPSA) is 78.9 Å². The van der Waals surface area contributed by atoms with Gasteiger partial charge in [-0.2, -0.15) is 0 Å². The highest BCUT2D eigenvalue weighted by Gasteiger charge is 2.19. The largest absolute Gasteiger partial charge is 0.462 e. The van der Waals surface area contributed by atoms with Gasteiger partial charge in [0.25, 0.3) is 0 Å². The number of esters is 3. The quantitative estimate of drug-likeness (QED) is 0.0262. The molecule has 67 heavy (non-hydrogen) atoms. The van der Waals surface area contributed by atoms with E-state index in [1.807, 2.05) is 0 Å². The summed E-state index contributed by atoms with van der Waals surface area (Å²) in [6, 6.07) is 0. The predicted molar refractivity (Wildman–Crippen MR) is 288 cm³/mol. The summed E-state index contributed by atoms with van der Waals surface area (Å²) in [4.78, 5) is 38.1. The smallest absolute Gasteiger partial charge is 0.306 e. The first-order valence-corrected chi connectivity index (χ1v) is 27.7. The van der Waals surface area contributed by atoms with Gasteiger partial charge in [-0.05, 0) is 116 Å². The molecule has 0 saturated carbocycles. The molecule has 6 nitrogen and oxygen atoms in total. The van der Waals surface area contributed by atoms with E-state index >= 15 is 0 Å². The lowest BCUT2D eigenvalue weighted by molar-refractivity contribution is -0.167. The molecule has 0 bridgehead atoms. The molecule has 0 aliphatic heterocycles. The van der Waals surface area contributed by atoms with E-state index in [4.69, 9.17) is 14.2 Å². The van der Waals surface area contributed by atoms with E-state index in [9.17, 15) is 14.4 Å². The Hall–Kier alpha value is -3.67. The molecule has 0 spiro atoms. The van der Waals surface area contributed by atoms with Crippen molar-refractivity contribution in [1.82, 2.24) is 0 Å². The highest BCUT2D eigenvalue weighted by Crippen LogP contribution is 2.14. The molecule has 0 fully saturated rings. The average molecular weight is 931 g/mol. The summed E-state index contributed by atoms with van der Waals surface area (Å²) in [5.41, 5.74) is 0. The molecule has 0 aliphatic rings. The fourth-order valence-corrected chi connectivity index (χ4v) is 7.38. The third-order valence-corrected chi connectivity index (χ3v) is 11.5. The van der Waals surface area contributed by atoms with Crippen LogP contribution in [0.3, 0.4) is 0 Å². The second-order valence-electron chi connectivity index (χ2n) is 18.1. The van der Waals surface area contributed by atoms with Gasteiger partial charge in [-0.15, -0.1) is 0 Å². The molecule has 0 aromatic heterocycles. The first-order valence-electron chi connectivity index (χ1n) is 27.7. The van der Waals surface area contributed by atoms with Gasteiger partial charge in [0.15, 0.2) is 6.10 Å². The first-order chi connectivity index (χ1) is 33.0. The number of allylic oxidation sites excluding steroid dienone is 16. The van der Waals surface area contributed by atoms with Gasteiger partial charge in [-0.1, -0.05) is 214 Å². The van der Waals surface area contributed by atoms with Crippen LogP contribution in [0, 0.1) is 0 Å². The molecular formula is C61H102O6. The van der Waals surface area contributed by atoms with Gasteiger partial charge in [0, 0.05) is 19.3 Å². The number of ether oxygens (including phenoxy) is 3. The van der Waals surface area contributed by atoms with Crippen LogP contribution in [0.15, 0.2) is 97.2 Å². The molecule has 0 amide bonds. The highest BCUT2D eigenvalue weighted by atomic mass is 16.6. The Morgan fingerprint density at radius 1 is 0.313 bits per heavy atom.